The zero-order valence-corrected chi connectivity index (χ0v) is 13.6. The first-order valence-corrected chi connectivity index (χ1v) is 8.68. The number of ether oxygens (including phenoxy) is 1. The Bertz CT molecular complexity index is 959. The zero-order valence-electron chi connectivity index (χ0n) is 12.8. The maximum absolute atomic E-state index is 13.1. The Kier molecular flexibility index (Phi) is 4.41. The fourth-order valence-corrected chi connectivity index (χ4v) is 3.32. The first kappa shape index (κ1) is 16.9. The second-order valence-corrected chi connectivity index (χ2v) is 7.01. The minimum Gasteiger partial charge on any atom is -0.482 e. The van der Waals surface area contributed by atoms with E-state index in [4.69, 9.17) is 4.74 Å². The Balaban J connectivity index is 1.76. The molecule has 0 radical (unpaired) electrons. The van der Waals surface area contributed by atoms with E-state index in [1.165, 1.54) is 36.4 Å². The molecule has 0 unspecified atom stereocenters. The van der Waals surface area contributed by atoms with Crippen molar-refractivity contribution in [3.05, 3.63) is 53.8 Å². The molecule has 9 heteroatoms. The maximum atomic E-state index is 13.1. The smallest absolute Gasteiger partial charge is 0.264 e. The summed E-state index contributed by atoms with van der Waals surface area (Å²) in [7, 11) is -4.14. The molecule has 0 spiro atoms. The van der Waals surface area contributed by atoms with Gasteiger partial charge in [0, 0.05) is 0 Å². The summed E-state index contributed by atoms with van der Waals surface area (Å²) in [6.07, 6.45) is -0.290. The minimum absolute atomic E-state index is 0.149. The van der Waals surface area contributed by atoms with E-state index in [1.54, 1.807) is 0 Å². The lowest BCUT2D eigenvalue weighted by Crippen LogP contribution is -2.32. The molecule has 0 saturated carbocycles. The monoisotopic (exact) mass is 364 g/mol. The number of sulfonamides is 1. The lowest BCUT2D eigenvalue weighted by molar-refractivity contribution is -0.119. The highest BCUT2D eigenvalue weighted by Crippen LogP contribution is 2.29. The average Bonchev–Trinajstić information content (AvgIpc) is 2.53. The summed E-state index contributed by atoms with van der Waals surface area (Å²) in [6, 6.07) is 9.16. The molecule has 1 aliphatic rings. The largest absolute Gasteiger partial charge is 0.482 e. The van der Waals surface area contributed by atoms with E-state index in [1.807, 2.05) is 4.72 Å². The van der Waals surface area contributed by atoms with Gasteiger partial charge in [-0.2, -0.15) is 0 Å². The highest BCUT2D eigenvalue weighted by Gasteiger charge is 2.22. The van der Waals surface area contributed by atoms with Crippen LogP contribution in [0, 0.1) is 5.82 Å². The number of rotatable bonds is 4. The van der Waals surface area contributed by atoms with E-state index in [9.17, 15) is 22.4 Å². The van der Waals surface area contributed by atoms with Crippen LogP contribution in [0.3, 0.4) is 0 Å². The summed E-state index contributed by atoms with van der Waals surface area (Å²) in [6.45, 7) is -0.149. The number of carbonyl (C=O) groups excluding carboxylic acids is 2. The number of fused-ring (bicyclic) bond motifs is 1. The van der Waals surface area contributed by atoms with Crippen molar-refractivity contribution >= 4 is 27.5 Å². The Morgan fingerprint density at radius 1 is 1.24 bits per heavy atom. The highest BCUT2D eigenvalue weighted by molar-refractivity contribution is 7.90. The van der Waals surface area contributed by atoms with Crippen molar-refractivity contribution in [3.8, 4) is 5.75 Å². The fourth-order valence-electron chi connectivity index (χ4n) is 2.31. The van der Waals surface area contributed by atoms with Gasteiger partial charge < -0.3 is 10.1 Å². The lowest BCUT2D eigenvalue weighted by atomic mass is 10.1. The van der Waals surface area contributed by atoms with Crippen molar-refractivity contribution in [2.24, 2.45) is 0 Å². The molecule has 3 rings (SSSR count). The molecule has 1 heterocycles. The molecular weight excluding hydrogens is 351 g/mol. The number of carbonyl (C=O) groups is 2. The van der Waals surface area contributed by atoms with Crippen LogP contribution in [0.1, 0.15) is 5.56 Å². The molecule has 0 aliphatic carbocycles. The van der Waals surface area contributed by atoms with Crippen LogP contribution in [0.25, 0.3) is 0 Å². The van der Waals surface area contributed by atoms with Gasteiger partial charge in [-0.15, -0.1) is 0 Å². The van der Waals surface area contributed by atoms with Gasteiger partial charge in [0.25, 0.3) is 15.9 Å². The van der Waals surface area contributed by atoms with Crippen molar-refractivity contribution in [2.75, 3.05) is 11.9 Å². The number of hydrogen-bond acceptors (Lipinski definition) is 5. The van der Waals surface area contributed by atoms with Crippen LogP contribution in [0.15, 0.2) is 47.4 Å². The second-order valence-electron chi connectivity index (χ2n) is 5.33. The molecule has 130 valence electrons. The molecule has 0 bridgehead atoms. The zero-order chi connectivity index (χ0) is 18.0. The summed E-state index contributed by atoms with van der Waals surface area (Å²) < 4.78 is 44.8. The van der Waals surface area contributed by atoms with Crippen LogP contribution in [-0.2, 0) is 26.0 Å². The van der Waals surface area contributed by atoms with Gasteiger partial charge in [0.1, 0.15) is 11.6 Å². The molecule has 2 aromatic rings. The SMILES string of the molecule is O=C1COc2ccc(S(=O)(=O)NC(=O)Cc3cccc(F)c3)cc2N1. The van der Waals surface area contributed by atoms with Crippen molar-refractivity contribution in [1.29, 1.82) is 0 Å². The van der Waals surface area contributed by atoms with Crippen molar-refractivity contribution in [1.82, 2.24) is 4.72 Å². The summed E-state index contributed by atoms with van der Waals surface area (Å²) in [5.74, 6) is -1.39. The number of halogens is 1. The Morgan fingerprint density at radius 3 is 2.80 bits per heavy atom. The maximum Gasteiger partial charge on any atom is 0.264 e. The quantitative estimate of drug-likeness (QED) is 0.849. The van der Waals surface area contributed by atoms with E-state index < -0.39 is 27.7 Å². The number of amides is 2. The second kappa shape index (κ2) is 6.52. The summed E-state index contributed by atoms with van der Waals surface area (Å²) >= 11 is 0. The standard InChI is InChI=1S/C16H13FN2O5S/c17-11-3-1-2-10(6-11)7-15(20)19-25(22,23)12-4-5-14-13(8-12)18-16(21)9-24-14/h1-6,8H,7,9H2,(H,18,21)(H,19,20). The molecular formula is C16H13FN2O5S. The Morgan fingerprint density at radius 2 is 2.04 bits per heavy atom. The summed E-state index contributed by atoms with van der Waals surface area (Å²) in [5.41, 5.74) is 0.551. The average molecular weight is 364 g/mol. The minimum atomic E-state index is -4.14. The topological polar surface area (TPSA) is 102 Å². The van der Waals surface area contributed by atoms with Crippen molar-refractivity contribution in [2.45, 2.75) is 11.3 Å². The number of anilines is 1. The molecule has 2 N–H and O–H groups in total. The van der Waals surface area contributed by atoms with E-state index >= 15 is 0 Å². The highest BCUT2D eigenvalue weighted by atomic mass is 32.2. The van der Waals surface area contributed by atoms with Gasteiger partial charge in [-0.1, -0.05) is 12.1 Å². The lowest BCUT2D eigenvalue weighted by Gasteiger charge is -2.18. The van der Waals surface area contributed by atoms with E-state index in [0.717, 1.165) is 6.07 Å². The van der Waals surface area contributed by atoms with Gasteiger partial charge in [0.15, 0.2) is 6.61 Å². The third kappa shape index (κ3) is 3.94. The van der Waals surface area contributed by atoms with Gasteiger partial charge in [-0.25, -0.2) is 17.5 Å². The molecule has 0 fully saturated rings. The van der Waals surface area contributed by atoms with Gasteiger partial charge in [-0.05, 0) is 35.9 Å². The van der Waals surface area contributed by atoms with Crippen LogP contribution in [0.4, 0.5) is 10.1 Å². The third-order valence-electron chi connectivity index (χ3n) is 3.40. The number of hydrogen-bond donors (Lipinski definition) is 2. The molecule has 0 atom stereocenters. The first-order chi connectivity index (χ1) is 11.8. The first-order valence-electron chi connectivity index (χ1n) is 7.20. The van der Waals surface area contributed by atoms with E-state index in [0.29, 0.717) is 11.3 Å². The Hall–Kier alpha value is -2.94. The normalized spacial score (nSPS) is 13.4. The Labute approximate surface area is 142 Å². The third-order valence-corrected chi connectivity index (χ3v) is 4.77. The number of nitrogens with one attached hydrogen (secondary N) is 2. The van der Waals surface area contributed by atoms with Crippen molar-refractivity contribution < 1.29 is 27.1 Å². The molecule has 7 nitrogen and oxygen atoms in total. The van der Waals surface area contributed by atoms with Crippen LogP contribution in [0.5, 0.6) is 5.75 Å². The predicted octanol–water partition coefficient (Wildman–Crippen LogP) is 1.20. The molecule has 1 aliphatic heterocycles. The fraction of sp³-hybridized carbons (Fsp3) is 0.125. The van der Waals surface area contributed by atoms with E-state index in [2.05, 4.69) is 5.32 Å². The van der Waals surface area contributed by atoms with E-state index in [-0.39, 0.29) is 23.6 Å². The predicted molar refractivity (Wildman–Crippen MR) is 86.0 cm³/mol. The molecule has 25 heavy (non-hydrogen) atoms. The summed E-state index contributed by atoms with van der Waals surface area (Å²) in [5, 5.41) is 2.49. The molecule has 0 saturated heterocycles. The van der Waals surface area contributed by atoms with Crippen LogP contribution in [0.2, 0.25) is 0 Å². The van der Waals surface area contributed by atoms with Gasteiger partial charge in [-0.3, -0.25) is 9.59 Å². The van der Waals surface area contributed by atoms with Crippen LogP contribution in [-0.4, -0.2) is 26.8 Å². The molecule has 2 aromatic carbocycles. The van der Waals surface area contributed by atoms with Crippen LogP contribution < -0.4 is 14.8 Å². The van der Waals surface area contributed by atoms with Gasteiger partial charge in [0.05, 0.1) is 17.0 Å². The summed E-state index contributed by atoms with van der Waals surface area (Å²) in [4.78, 5) is 23.1. The van der Waals surface area contributed by atoms with Crippen molar-refractivity contribution in [3.63, 3.8) is 0 Å². The van der Waals surface area contributed by atoms with Gasteiger partial charge in [0.2, 0.25) is 5.91 Å². The molecule has 2 amide bonds. The van der Waals surface area contributed by atoms with Crippen LogP contribution >= 0.6 is 0 Å². The van der Waals surface area contributed by atoms with Gasteiger partial charge >= 0.3 is 0 Å². The number of benzene rings is 2. The molecule has 0 aromatic heterocycles.